The van der Waals surface area contributed by atoms with Crippen molar-refractivity contribution in [3.63, 3.8) is 0 Å². The molecule has 0 spiro atoms. The van der Waals surface area contributed by atoms with Crippen LogP contribution in [0.1, 0.15) is 325 Å². The molecule has 0 aromatic rings. The van der Waals surface area contributed by atoms with E-state index in [1.165, 1.54) is 0 Å². The van der Waals surface area contributed by atoms with Crippen molar-refractivity contribution in [2.75, 3.05) is 19.8 Å². The van der Waals surface area contributed by atoms with E-state index in [1.54, 1.807) is 6.92 Å². The van der Waals surface area contributed by atoms with Crippen LogP contribution in [0.5, 0.6) is 0 Å². The van der Waals surface area contributed by atoms with E-state index >= 15 is 0 Å². The molecule has 0 N–H and O–H groups in total. The fraction of sp³-hybridized carbons (Fsp3) is 0.892. The second kappa shape index (κ2) is 52.4. The second-order valence-electron chi connectivity index (χ2n) is 22.5. The highest BCUT2D eigenvalue weighted by Gasteiger charge is 2.34. The van der Waals surface area contributed by atoms with Gasteiger partial charge in [-0.15, -0.1) is 0 Å². The van der Waals surface area contributed by atoms with Crippen LogP contribution in [0.25, 0.3) is 0 Å². The molecular weight excluding hydrogens is 1000 g/mol. The van der Waals surface area contributed by atoms with Crippen molar-refractivity contribution in [2.45, 2.75) is 349 Å². The van der Waals surface area contributed by atoms with Gasteiger partial charge in [0.1, 0.15) is 44.2 Å². The summed E-state index contributed by atoms with van der Waals surface area (Å²) in [7, 11) is 0. The van der Waals surface area contributed by atoms with Crippen LogP contribution >= 0.6 is 0 Å². The Bertz CT molecular complexity index is 1450. The smallest absolute Gasteiger partial charge is 0.306 e. The summed E-state index contributed by atoms with van der Waals surface area (Å²) in [4.78, 5) is 88.7. The van der Waals surface area contributed by atoms with Crippen molar-refractivity contribution in [2.24, 2.45) is 5.41 Å². The van der Waals surface area contributed by atoms with Crippen molar-refractivity contribution >= 4 is 41.8 Å². The zero-order valence-corrected chi connectivity index (χ0v) is 51.8. The van der Waals surface area contributed by atoms with E-state index in [2.05, 4.69) is 27.7 Å². The van der Waals surface area contributed by atoms with Crippen LogP contribution in [-0.4, -0.2) is 86.0 Å². The Kier molecular flexibility index (Phi) is 49.9. The summed E-state index contributed by atoms with van der Waals surface area (Å²) >= 11 is 0. The Morgan fingerprint density at radius 1 is 0.266 bits per heavy atom. The molecule has 0 saturated heterocycles. The maximum atomic E-state index is 13.0. The molecule has 0 heterocycles. The third-order valence-electron chi connectivity index (χ3n) is 14.9. The SMILES string of the molecule is CCCCCCC(CCC(CCCCCCCC(=O)OCC(CC)(COC(=O)CC)COC(=O)CCCCCCCC(CCC(CCCCCC)OC(=O)CCCCC)OC(=O)CCC)OC(=O)CCC)OC(=O)CCCCC. The van der Waals surface area contributed by atoms with Crippen molar-refractivity contribution in [1.29, 1.82) is 0 Å². The first-order chi connectivity index (χ1) is 38.2. The number of rotatable bonds is 56. The number of unbranched alkanes of at least 4 members (excludes halogenated alkanes) is 18. The zero-order chi connectivity index (χ0) is 58.6. The largest absolute Gasteiger partial charge is 0.465 e. The lowest BCUT2D eigenvalue weighted by Gasteiger charge is -2.31. The highest BCUT2D eigenvalue weighted by molar-refractivity contribution is 5.71. The molecule has 0 saturated carbocycles. The van der Waals surface area contributed by atoms with Crippen LogP contribution in [-0.2, 0) is 66.7 Å². The molecule has 0 aromatic heterocycles. The van der Waals surface area contributed by atoms with Gasteiger partial charge in [0.2, 0.25) is 0 Å². The molecule has 0 aliphatic carbocycles. The predicted molar refractivity (Wildman–Crippen MR) is 314 cm³/mol. The Morgan fingerprint density at radius 2 is 0.519 bits per heavy atom. The molecule has 4 unspecified atom stereocenters. The van der Waals surface area contributed by atoms with Crippen LogP contribution < -0.4 is 0 Å². The normalized spacial score (nSPS) is 13.6. The summed E-state index contributed by atoms with van der Waals surface area (Å²) in [6, 6.07) is 0. The minimum Gasteiger partial charge on any atom is -0.465 e. The van der Waals surface area contributed by atoms with Gasteiger partial charge in [0.25, 0.3) is 0 Å². The number of ether oxygens (including phenoxy) is 7. The topological polar surface area (TPSA) is 184 Å². The molecule has 462 valence electrons. The molecule has 0 aromatic carbocycles. The maximum Gasteiger partial charge on any atom is 0.306 e. The monoisotopic (exact) mass is 1120 g/mol. The Labute approximate surface area is 481 Å². The van der Waals surface area contributed by atoms with E-state index in [1.807, 2.05) is 20.8 Å². The first kappa shape index (κ1) is 75.3. The van der Waals surface area contributed by atoms with Crippen molar-refractivity contribution < 1.29 is 66.7 Å². The fourth-order valence-electron chi connectivity index (χ4n) is 9.54. The van der Waals surface area contributed by atoms with Gasteiger partial charge in [-0.3, -0.25) is 33.6 Å². The van der Waals surface area contributed by atoms with Crippen LogP contribution in [0, 0.1) is 5.41 Å². The Balaban J connectivity index is 5.10. The van der Waals surface area contributed by atoms with E-state index in [4.69, 9.17) is 33.2 Å². The molecule has 0 rings (SSSR count). The van der Waals surface area contributed by atoms with Gasteiger partial charge in [-0.25, -0.2) is 0 Å². The van der Waals surface area contributed by atoms with Gasteiger partial charge < -0.3 is 33.2 Å². The quantitative estimate of drug-likeness (QED) is 0.0318. The maximum absolute atomic E-state index is 13.0. The van der Waals surface area contributed by atoms with Crippen molar-refractivity contribution in [3.05, 3.63) is 0 Å². The molecule has 0 fully saturated rings. The number of hydrogen-bond donors (Lipinski definition) is 0. The second-order valence-corrected chi connectivity index (χ2v) is 22.5. The highest BCUT2D eigenvalue weighted by atomic mass is 16.6. The molecule has 14 heteroatoms. The summed E-state index contributed by atoms with van der Waals surface area (Å²) in [6.07, 6.45) is 32.3. The molecule has 0 radical (unpaired) electrons. The average Bonchev–Trinajstić information content (AvgIpc) is 3.43. The minimum atomic E-state index is -0.874. The van der Waals surface area contributed by atoms with E-state index in [0.717, 1.165) is 180 Å². The van der Waals surface area contributed by atoms with Crippen LogP contribution in [0.4, 0.5) is 0 Å². The first-order valence-electron chi connectivity index (χ1n) is 32.5. The van der Waals surface area contributed by atoms with Crippen LogP contribution in [0.15, 0.2) is 0 Å². The molecule has 0 amide bonds. The molecule has 0 aliphatic rings. The van der Waals surface area contributed by atoms with Gasteiger partial charge in [0, 0.05) is 44.9 Å². The minimum absolute atomic E-state index is 0.0339. The van der Waals surface area contributed by atoms with E-state index in [-0.39, 0.29) is 105 Å². The van der Waals surface area contributed by atoms with Crippen molar-refractivity contribution in [1.82, 2.24) is 0 Å². The number of hydrogen-bond acceptors (Lipinski definition) is 14. The van der Waals surface area contributed by atoms with Gasteiger partial charge >= 0.3 is 41.8 Å². The standard InChI is InChI=1S/C65H118O14/c1-9-17-21-31-39-56(78-63(71)45-29-19-11-3)49-47-54(76-61(69)37-13-5)41-33-25-23-27-35-43-59(67)74-52-65(16-8,51-73-58(66)15-7)53-75-60(68)44-36-28-24-26-34-42-55(77-62(70)38-14-6)48-50-57(40-32-22-18-10-2)79-64(72)46-30-20-12-4/h54-57H,9-53H2,1-8H3. The summed E-state index contributed by atoms with van der Waals surface area (Å²) in [5.74, 6) is -1.72. The summed E-state index contributed by atoms with van der Waals surface area (Å²) < 4.78 is 40.8. The van der Waals surface area contributed by atoms with Gasteiger partial charge in [0.15, 0.2) is 0 Å². The predicted octanol–water partition coefficient (Wildman–Crippen LogP) is 16.8. The van der Waals surface area contributed by atoms with Gasteiger partial charge in [0.05, 0.1) is 5.41 Å². The first-order valence-corrected chi connectivity index (χ1v) is 32.5. The van der Waals surface area contributed by atoms with Gasteiger partial charge in [-0.05, 0) is 122 Å². The van der Waals surface area contributed by atoms with E-state index in [9.17, 15) is 33.6 Å². The number of carbonyl (C=O) groups is 7. The molecule has 4 atom stereocenters. The van der Waals surface area contributed by atoms with Gasteiger partial charge in [-0.1, -0.05) is 158 Å². The van der Waals surface area contributed by atoms with E-state index in [0.29, 0.717) is 70.6 Å². The summed E-state index contributed by atoms with van der Waals surface area (Å²) in [5, 5.41) is 0. The molecule has 14 nitrogen and oxygen atoms in total. The number of carbonyl (C=O) groups excluding carboxylic acids is 7. The van der Waals surface area contributed by atoms with Gasteiger partial charge in [-0.2, -0.15) is 0 Å². The lowest BCUT2D eigenvalue weighted by Crippen LogP contribution is -2.39. The van der Waals surface area contributed by atoms with Crippen LogP contribution in [0.2, 0.25) is 0 Å². The fourth-order valence-corrected chi connectivity index (χ4v) is 9.54. The Hall–Kier alpha value is -3.71. The molecular formula is C65H118O14. The molecule has 0 aliphatic heterocycles. The average molecular weight is 1120 g/mol. The van der Waals surface area contributed by atoms with E-state index < -0.39 is 5.41 Å². The third-order valence-corrected chi connectivity index (χ3v) is 14.9. The van der Waals surface area contributed by atoms with Crippen molar-refractivity contribution in [3.8, 4) is 0 Å². The highest BCUT2D eigenvalue weighted by Crippen LogP contribution is 2.27. The summed E-state index contributed by atoms with van der Waals surface area (Å²) in [6.45, 7) is 16.0. The third kappa shape index (κ3) is 44.6. The Morgan fingerprint density at radius 3 is 0.823 bits per heavy atom. The zero-order valence-electron chi connectivity index (χ0n) is 51.8. The van der Waals surface area contributed by atoms with Crippen LogP contribution in [0.3, 0.4) is 0 Å². The molecule has 79 heavy (non-hydrogen) atoms. The molecule has 0 bridgehead atoms. The lowest BCUT2D eigenvalue weighted by molar-refractivity contribution is -0.162. The summed E-state index contributed by atoms with van der Waals surface area (Å²) in [5.41, 5.74) is -0.874. The number of esters is 7. The lowest BCUT2D eigenvalue weighted by atomic mass is 9.88.